The van der Waals surface area contributed by atoms with Gasteiger partial charge in [0.2, 0.25) is 0 Å². The Hall–Kier alpha value is -0.400. The van der Waals surface area contributed by atoms with Gasteiger partial charge in [0.1, 0.15) is 5.75 Å². The van der Waals surface area contributed by atoms with Crippen LogP contribution in [0, 0.1) is 6.92 Å². The fraction of sp³-hybridized carbons (Fsp3) is 0.143. The van der Waals surface area contributed by atoms with Gasteiger partial charge >= 0.3 is 0 Å². The molecule has 1 N–H and O–H groups in total. The molecule has 0 radical (unpaired) electrons. The minimum atomic E-state index is 0. The molecule has 10 heavy (non-hydrogen) atoms. The van der Waals surface area contributed by atoms with Gasteiger partial charge in [-0.25, -0.2) is 0 Å². The van der Waals surface area contributed by atoms with Crippen LogP contribution in [0.4, 0.5) is 0 Å². The number of aryl methyl sites for hydroxylation is 1. The molecule has 0 aromatic heterocycles. The Kier molecular flexibility index (Phi) is 3.54. The molecule has 0 aliphatic heterocycles. The van der Waals surface area contributed by atoms with E-state index in [1.54, 1.807) is 12.1 Å². The molecule has 0 saturated carbocycles. The van der Waals surface area contributed by atoms with Gasteiger partial charge in [-0.05, 0) is 18.6 Å². The lowest BCUT2D eigenvalue weighted by Gasteiger charge is -1.97. The third-order valence-corrected chi connectivity index (χ3v) is 1.66. The number of hydrogen-bond acceptors (Lipinski definition) is 1. The Morgan fingerprint density at radius 2 is 2.00 bits per heavy atom. The predicted octanol–water partition coefficient (Wildman–Crippen LogP) is 2.78. The lowest BCUT2D eigenvalue weighted by Crippen LogP contribution is -1.72. The van der Waals surface area contributed by atoms with Gasteiger partial charge in [0.25, 0.3) is 0 Å². The molecular formula is C7H8Cl2O. The van der Waals surface area contributed by atoms with Gasteiger partial charge in [-0.1, -0.05) is 23.7 Å². The summed E-state index contributed by atoms with van der Waals surface area (Å²) in [6.07, 6.45) is 0. The van der Waals surface area contributed by atoms with Crippen molar-refractivity contribution in [3.05, 3.63) is 28.8 Å². The molecule has 0 unspecified atom stereocenters. The molecule has 3 heteroatoms. The molecular weight excluding hydrogens is 171 g/mol. The Morgan fingerprint density at radius 1 is 1.40 bits per heavy atom. The van der Waals surface area contributed by atoms with Crippen LogP contribution in [-0.4, -0.2) is 5.11 Å². The summed E-state index contributed by atoms with van der Waals surface area (Å²) in [7, 11) is 0. The van der Waals surface area contributed by atoms with Crippen molar-refractivity contribution in [2.75, 3.05) is 0 Å². The van der Waals surface area contributed by atoms with E-state index in [0.717, 1.165) is 5.56 Å². The minimum absolute atomic E-state index is 0. The molecule has 1 aromatic carbocycles. The number of phenols is 1. The van der Waals surface area contributed by atoms with Crippen molar-refractivity contribution in [2.24, 2.45) is 0 Å². The zero-order valence-corrected chi connectivity index (χ0v) is 7.04. The van der Waals surface area contributed by atoms with E-state index < -0.39 is 0 Å². The number of aromatic hydroxyl groups is 1. The van der Waals surface area contributed by atoms with Gasteiger partial charge in [-0.2, -0.15) is 0 Å². The quantitative estimate of drug-likeness (QED) is 0.649. The third kappa shape index (κ3) is 1.79. The highest BCUT2D eigenvalue weighted by Crippen LogP contribution is 2.25. The maximum atomic E-state index is 8.97. The summed E-state index contributed by atoms with van der Waals surface area (Å²) < 4.78 is 0. The van der Waals surface area contributed by atoms with E-state index in [0.29, 0.717) is 5.02 Å². The van der Waals surface area contributed by atoms with E-state index in [1.165, 1.54) is 0 Å². The molecule has 0 saturated heterocycles. The monoisotopic (exact) mass is 178 g/mol. The number of hydrogen-bond donors (Lipinski definition) is 1. The van der Waals surface area contributed by atoms with Crippen molar-refractivity contribution in [1.29, 1.82) is 0 Å². The molecule has 0 atom stereocenters. The summed E-state index contributed by atoms with van der Waals surface area (Å²) in [5.41, 5.74) is 0.900. The second-order valence-corrected chi connectivity index (χ2v) is 2.29. The minimum Gasteiger partial charge on any atom is -0.506 e. The van der Waals surface area contributed by atoms with Crippen LogP contribution in [0.15, 0.2) is 18.2 Å². The van der Waals surface area contributed by atoms with E-state index in [9.17, 15) is 0 Å². The summed E-state index contributed by atoms with van der Waals surface area (Å²) in [6.45, 7) is 1.85. The topological polar surface area (TPSA) is 20.2 Å². The van der Waals surface area contributed by atoms with Crippen LogP contribution in [0.1, 0.15) is 5.56 Å². The standard InChI is InChI=1S/C7H7ClO.ClH/c1-5-3-2-4-6(9)7(5)8;/h2-4,9H,1H3;1H. The second kappa shape index (κ2) is 3.69. The Labute approximate surface area is 71.0 Å². The van der Waals surface area contributed by atoms with Crippen molar-refractivity contribution in [2.45, 2.75) is 6.92 Å². The molecule has 56 valence electrons. The Morgan fingerprint density at radius 3 is 2.40 bits per heavy atom. The highest BCUT2D eigenvalue weighted by molar-refractivity contribution is 6.32. The lowest BCUT2D eigenvalue weighted by atomic mass is 10.2. The maximum Gasteiger partial charge on any atom is 0.134 e. The van der Waals surface area contributed by atoms with Gasteiger partial charge in [-0.3, -0.25) is 0 Å². The van der Waals surface area contributed by atoms with E-state index in [4.69, 9.17) is 16.7 Å². The van der Waals surface area contributed by atoms with Crippen LogP contribution < -0.4 is 0 Å². The highest BCUT2D eigenvalue weighted by Gasteiger charge is 1.97. The number of phenolic OH excluding ortho intramolecular Hbond substituents is 1. The number of rotatable bonds is 0. The molecule has 0 spiro atoms. The first kappa shape index (κ1) is 9.60. The first-order valence-corrected chi connectivity index (χ1v) is 3.03. The third-order valence-electron chi connectivity index (χ3n) is 1.17. The van der Waals surface area contributed by atoms with E-state index in [1.807, 2.05) is 13.0 Å². The molecule has 1 rings (SSSR count). The molecule has 0 heterocycles. The number of halogens is 2. The van der Waals surface area contributed by atoms with Crippen LogP contribution in [0.5, 0.6) is 5.75 Å². The van der Waals surface area contributed by atoms with Crippen molar-refractivity contribution in [3.8, 4) is 5.75 Å². The van der Waals surface area contributed by atoms with Gasteiger partial charge in [0, 0.05) is 0 Å². The van der Waals surface area contributed by atoms with E-state index in [2.05, 4.69) is 0 Å². The molecule has 1 nitrogen and oxygen atoms in total. The van der Waals surface area contributed by atoms with Crippen molar-refractivity contribution >= 4 is 24.0 Å². The molecule has 0 amide bonds. The SMILES string of the molecule is Cc1cccc(O)c1Cl.Cl. The van der Waals surface area contributed by atoms with Crippen LogP contribution in [0.25, 0.3) is 0 Å². The zero-order chi connectivity index (χ0) is 6.85. The number of benzene rings is 1. The molecule has 0 bridgehead atoms. The van der Waals surface area contributed by atoms with Crippen LogP contribution >= 0.6 is 24.0 Å². The van der Waals surface area contributed by atoms with Gasteiger partial charge in [-0.15, -0.1) is 12.4 Å². The summed E-state index contributed by atoms with van der Waals surface area (Å²) >= 11 is 5.63. The van der Waals surface area contributed by atoms with Crippen molar-refractivity contribution < 1.29 is 5.11 Å². The fourth-order valence-corrected chi connectivity index (χ4v) is 0.758. The van der Waals surface area contributed by atoms with Gasteiger partial charge in [0.05, 0.1) is 5.02 Å². The summed E-state index contributed by atoms with van der Waals surface area (Å²) in [5.74, 6) is 0.150. The first-order chi connectivity index (χ1) is 4.22. The molecule has 1 aromatic rings. The maximum absolute atomic E-state index is 8.97. The average molecular weight is 179 g/mol. The smallest absolute Gasteiger partial charge is 0.134 e. The lowest BCUT2D eigenvalue weighted by molar-refractivity contribution is 0.475. The molecule has 0 fully saturated rings. The average Bonchev–Trinajstić information content (AvgIpc) is 1.83. The Balaban J connectivity index is 0.000000810. The Bertz CT molecular complexity index is 203. The van der Waals surface area contributed by atoms with E-state index >= 15 is 0 Å². The highest BCUT2D eigenvalue weighted by atomic mass is 35.5. The van der Waals surface area contributed by atoms with Gasteiger partial charge in [0.15, 0.2) is 0 Å². The fourth-order valence-electron chi connectivity index (χ4n) is 0.632. The van der Waals surface area contributed by atoms with Crippen LogP contribution in [0.3, 0.4) is 0 Å². The summed E-state index contributed by atoms with van der Waals surface area (Å²) in [6, 6.07) is 5.17. The summed E-state index contributed by atoms with van der Waals surface area (Å²) in [4.78, 5) is 0. The molecule has 0 aliphatic rings. The normalized spacial score (nSPS) is 8.60. The summed E-state index contributed by atoms with van der Waals surface area (Å²) in [5, 5.41) is 9.41. The van der Waals surface area contributed by atoms with Crippen LogP contribution in [-0.2, 0) is 0 Å². The zero-order valence-electron chi connectivity index (χ0n) is 5.47. The van der Waals surface area contributed by atoms with Gasteiger partial charge < -0.3 is 5.11 Å². The van der Waals surface area contributed by atoms with Crippen LogP contribution in [0.2, 0.25) is 5.02 Å². The first-order valence-electron chi connectivity index (χ1n) is 2.66. The predicted molar refractivity (Wildman–Crippen MR) is 45.1 cm³/mol. The largest absolute Gasteiger partial charge is 0.506 e. The van der Waals surface area contributed by atoms with Crippen molar-refractivity contribution in [3.63, 3.8) is 0 Å². The second-order valence-electron chi connectivity index (χ2n) is 1.91. The molecule has 0 aliphatic carbocycles. The van der Waals surface area contributed by atoms with E-state index in [-0.39, 0.29) is 18.2 Å². The van der Waals surface area contributed by atoms with Crippen molar-refractivity contribution in [1.82, 2.24) is 0 Å².